The van der Waals surface area contributed by atoms with Crippen LogP contribution in [0.25, 0.3) is 0 Å². The first-order valence-electron chi connectivity index (χ1n) is 9.56. The minimum absolute atomic E-state index is 0.0680. The highest BCUT2D eigenvalue weighted by Gasteiger charge is 2.17. The number of amides is 2. The zero-order chi connectivity index (χ0) is 19.1. The summed E-state index contributed by atoms with van der Waals surface area (Å²) < 4.78 is 0. The van der Waals surface area contributed by atoms with E-state index in [2.05, 4.69) is 5.32 Å². The summed E-state index contributed by atoms with van der Waals surface area (Å²) in [7, 11) is 0. The van der Waals surface area contributed by atoms with E-state index >= 15 is 0 Å². The first kappa shape index (κ1) is 19.4. The number of carbonyl (C=O) groups is 2. The van der Waals surface area contributed by atoms with E-state index in [1.807, 2.05) is 29.2 Å². The molecule has 0 bridgehead atoms. The van der Waals surface area contributed by atoms with Crippen LogP contribution in [0.2, 0.25) is 5.02 Å². The monoisotopic (exact) mass is 384 g/mol. The molecular formula is C22H25ClN2O2. The third-order valence-electron chi connectivity index (χ3n) is 4.89. The maximum atomic E-state index is 12.6. The molecule has 1 saturated heterocycles. The number of rotatable bonds is 5. The van der Waals surface area contributed by atoms with Crippen molar-refractivity contribution in [2.24, 2.45) is 0 Å². The minimum Gasteiger partial charge on any atom is -0.339 e. The number of nitrogens with zero attached hydrogens (tertiary/aromatic N) is 1. The zero-order valence-electron chi connectivity index (χ0n) is 15.4. The van der Waals surface area contributed by atoms with Crippen LogP contribution in [0.1, 0.15) is 48.0 Å². The van der Waals surface area contributed by atoms with Crippen LogP contribution in [-0.2, 0) is 11.2 Å². The second-order valence-corrected chi connectivity index (χ2v) is 7.33. The molecule has 0 aromatic heterocycles. The van der Waals surface area contributed by atoms with E-state index in [0.717, 1.165) is 31.5 Å². The molecule has 0 atom stereocenters. The molecule has 0 radical (unpaired) electrons. The molecule has 5 heteroatoms. The SMILES string of the molecule is O=C(CCc1ccccc1Cl)Nc1ccc(C(=O)N2CCCCCC2)cc1. The molecule has 0 aliphatic carbocycles. The van der Waals surface area contributed by atoms with Gasteiger partial charge in [0, 0.05) is 35.8 Å². The van der Waals surface area contributed by atoms with Gasteiger partial charge < -0.3 is 10.2 Å². The summed E-state index contributed by atoms with van der Waals surface area (Å²) in [6, 6.07) is 14.7. The molecule has 1 aliphatic rings. The molecule has 0 spiro atoms. The van der Waals surface area contributed by atoms with E-state index in [9.17, 15) is 9.59 Å². The Kier molecular flexibility index (Phi) is 6.88. The fraction of sp³-hybridized carbons (Fsp3) is 0.364. The largest absolute Gasteiger partial charge is 0.339 e. The molecule has 1 N–H and O–H groups in total. The van der Waals surface area contributed by atoms with Crippen LogP contribution in [0.5, 0.6) is 0 Å². The molecule has 1 aliphatic heterocycles. The summed E-state index contributed by atoms with van der Waals surface area (Å²) in [6.07, 6.45) is 5.50. The normalized spacial score (nSPS) is 14.5. The summed E-state index contributed by atoms with van der Waals surface area (Å²) in [5.41, 5.74) is 2.34. The van der Waals surface area contributed by atoms with Crippen LogP contribution in [0, 0.1) is 0 Å². The van der Waals surface area contributed by atoms with E-state index in [-0.39, 0.29) is 11.8 Å². The average Bonchev–Trinajstić information content (AvgIpc) is 2.97. The van der Waals surface area contributed by atoms with Gasteiger partial charge in [-0.05, 0) is 55.2 Å². The predicted molar refractivity (Wildman–Crippen MR) is 109 cm³/mol. The van der Waals surface area contributed by atoms with Crippen molar-refractivity contribution in [2.45, 2.75) is 38.5 Å². The molecule has 2 aromatic rings. The van der Waals surface area contributed by atoms with Crippen molar-refractivity contribution < 1.29 is 9.59 Å². The van der Waals surface area contributed by atoms with Gasteiger partial charge in [-0.1, -0.05) is 42.6 Å². The highest BCUT2D eigenvalue weighted by Crippen LogP contribution is 2.18. The fourth-order valence-corrected chi connectivity index (χ4v) is 3.56. The smallest absolute Gasteiger partial charge is 0.253 e. The van der Waals surface area contributed by atoms with Crippen LogP contribution >= 0.6 is 11.6 Å². The van der Waals surface area contributed by atoms with Gasteiger partial charge in [-0.3, -0.25) is 9.59 Å². The van der Waals surface area contributed by atoms with Gasteiger partial charge in [-0.25, -0.2) is 0 Å². The second-order valence-electron chi connectivity index (χ2n) is 6.92. The molecule has 0 unspecified atom stereocenters. The van der Waals surface area contributed by atoms with E-state index in [4.69, 9.17) is 11.6 Å². The van der Waals surface area contributed by atoms with Crippen LogP contribution < -0.4 is 5.32 Å². The number of benzene rings is 2. The standard InChI is InChI=1S/C22H25ClN2O2/c23-20-8-4-3-7-17(20)11-14-21(26)24-19-12-9-18(10-13-19)22(27)25-15-5-1-2-6-16-25/h3-4,7-10,12-13H,1-2,5-6,11,14-16H2,(H,24,26). The zero-order valence-corrected chi connectivity index (χ0v) is 16.2. The Morgan fingerprint density at radius 2 is 1.59 bits per heavy atom. The maximum Gasteiger partial charge on any atom is 0.253 e. The number of anilines is 1. The minimum atomic E-state index is -0.0680. The quantitative estimate of drug-likeness (QED) is 0.794. The van der Waals surface area contributed by atoms with Gasteiger partial charge in [-0.2, -0.15) is 0 Å². The maximum absolute atomic E-state index is 12.6. The van der Waals surface area contributed by atoms with Gasteiger partial charge in [0.25, 0.3) is 5.91 Å². The lowest BCUT2D eigenvalue weighted by Crippen LogP contribution is -2.31. The molecular weight excluding hydrogens is 360 g/mol. The van der Waals surface area contributed by atoms with E-state index in [0.29, 0.717) is 29.1 Å². The molecule has 142 valence electrons. The van der Waals surface area contributed by atoms with Crippen LogP contribution in [0.4, 0.5) is 5.69 Å². The van der Waals surface area contributed by atoms with Crippen molar-refractivity contribution in [1.29, 1.82) is 0 Å². The Bertz CT molecular complexity index is 781. The third-order valence-corrected chi connectivity index (χ3v) is 5.26. The van der Waals surface area contributed by atoms with E-state index in [1.165, 1.54) is 12.8 Å². The molecule has 1 fully saturated rings. The lowest BCUT2D eigenvalue weighted by atomic mass is 10.1. The van der Waals surface area contributed by atoms with Crippen molar-refractivity contribution >= 4 is 29.1 Å². The second kappa shape index (κ2) is 9.56. The van der Waals surface area contributed by atoms with Gasteiger partial charge in [0.05, 0.1) is 0 Å². The van der Waals surface area contributed by atoms with Crippen LogP contribution in [0.15, 0.2) is 48.5 Å². The van der Waals surface area contributed by atoms with Gasteiger partial charge in [0.1, 0.15) is 0 Å². The Morgan fingerprint density at radius 1 is 0.926 bits per heavy atom. The number of likely N-dealkylation sites (tertiary alicyclic amines) is 1. The first-order valence-corrected chi connectivity index (χ1v) is 9.94. The highest BCUT2D eigenvalue weighted by molar-refractivity contribution is 6.31. The van der Waals surface area contributed by atoms with Gasteiger partial charge in [-0.15, -0.1) is 0 Å². The van der Waals surface area contributed by atoms with E-state index < -0.39 is 0 Å². The topological polar surface area (TPSA) is 49.4 Å². The highest BCUT2D eigenvalue weighted by atomic mass is 35.5. The molecule has 1 heterocycles. The fourth-order valence-electron chi connectivity index (χ4n) is 3.33. The predicted octanol–water partition coefficient (Wildman–Crippen LogP) is 4.93. The number of hydrogen-bond donors (Lipinski definition) is 1. The van der Waals surface area contributed by atoms with Gasteiger partial charge in [0.2, 0.25) is 5.91 Å². The van der Waals surface area contributed by atoms with Crippen molar-refractivity contribution in [3.63, 3.8) is 0 Å². The van der Waals surface area contributed by atoms with E-state index in [1.54, 1.807) is 24.3 Å². The van der Waals surface area contributed by atoms with Crippen molar-refractivity contribution in [3.05, 3.63) is 64.7 Å². The summed E-state index contributed by atoms with van der Waals surface area (Å²) in [5.74, 6) is 0.00927. The van der Waals surface area contributed by atoms with Gasteiger partial charge >= 0.3 is 0 Å². The number of nitrogens with one attached hydrogen (secondary N) is 1. The first-order chi connectivity index (χ1) is 13.1. The Labute approximate surface area is 165 Å². The molecule has 3 rings (SSSR count). The van der Waals surface area contributed by atoms with Crippen molar-refractivity contribution in [1.82, 2.24) is 4.90 Å². The summed E-state index contributed by atoms with van der Waals surface area (Å²) in [6.45, 7) is 1.67. The Hall–Kier alpha value is -2.33. The number of aryl methyl sites for hydroxylation is 1. The van der Waals surface area contributed by atoms with Crippen LogP contribution in [0.3, 0.4) is 0 Å². The van der Waals surface area contributed by atoms with Crippen LogP contribution in [-0.4, -0.2) is 29.8 Å². The summed E-state index contributed by atoms with van der Waals surface area (Å²) >= 11 is 6.12. The lowest BCUT2D eigenvalue weighted by Gasteiger charge is -2.20. The molecule has 27 heavy (non-hydrogen) atoms. The molecule has 2 aromatic carbocycles. The lowest BCUT2D eigenvalue weighted by molar-refractivity contribution is -0.116. The molecule has 4 nitrogen and oxygen atoms in total. The molecule has 0 saturated carbocycles. The Balaban J connectivity index is 1.53. The number of halogens is 1. The molecule has 2 amide bonds. The summed E-state index contributed by atoms with van der Waals surface area (Å²) in [5, 5.41) is 3.56. The Morgan fingerprint density at radius 3 is 2.26 bits per heavy atom. The number of carbonyl (C=O) groups excluding carboxylic acids is 2. The van der Waals surface area contributed by atoms with Crippen molar-refractivity contribution in [3.8, 4) is 0 Å². The third kappa shape index (κ3) is 5.57. The van der Waals surface area contributed by atoms with Gasteiger partial charge in [0.15, 0.2) is 0 Å². The summed E-state index contributed by atoms with van der Waals surface area (Å²) in [4.78, 5) is 26.7. The van der Waals surface area contributed by atoms with Crippen molar-refractivity contribution in [2.75, 3.05) is 18.4 Å². The number of hydrogen-bond acceptors (Lipinski definition) is 2. The average molecular weight is 385 g/mol.